The van der Waals surface area contributed by atoms with Crippen molar-refractivity contribution < 1.29 is 14.4 Å². The van der Waals surface area contributed by atoms with E-state index in [4.69, 9.17) is 14.4 Å². The first-order valence-corrected chi connectivity index (χ1v) is 6.89. The van der Waals surface area contributed by atoms with Gasteiger partial charge < -0.3 is 14.4 Å². The number of likely N-dealkylation sites (N-methyl/N-ethyl adjacent to an activating group) is 1. The summed E-state index contributed by atoms with van der Waals surface area (Å²) < 4.78 is 10.8. The summed E-state index contributed by atoms with van der Waals surface area (Å²) in [7, 11) is 1.88. The van der Waals surface area contributed by atoms with E-state index in [2.05, 4.69) is 16.2 Å². The topological polar surface area (TPSA) is 71.6 Å². The molecular weight excluding hydrogens is 270 g/mol. The molecule has 0 aliphatic carbocycles. The summed E-state index contributed by atoms with van der Waals surface area (Å²) >= 11 is 0. The average Bonchev–Trinajstić information content (AvgIpc) is 2.83. The van der Waals surface area contributed by atoms with Gasteiger partial charge in [0.25, 0.3) is 0 Å². The van der Waals surface area contributed by atoms with Crippen LogP contribution >= 0.6 is 0 Å². The third-order valence-corrected chi connectivity index (χ3v) is 2.96. The van der Waals surface area contributed by atoms with Crippen molar-refractivity contribution >= 4 is 0 Å². The zero-order valence-corrected chi connectivity index (χ0v) is 12.7. The van der Waals surface area contributed by atoms with Crippen LogP contribution in [0.3, 0.4) is 0 Å². The number of aliphatic hydroxyl groups is 1. The lowest BCUT2D eigenvalue weighted by molar-refractivity contribution is 0.200. The number of ether oxygens (including phenoxy) is 1. The lowest BCUT2D eigenvalue weighted by Crippen LogP contribution is -2.21. The molecule has 2 rings (SSSR count). The van der Waals surface area contributed by atoms with Crippen LogP contribution in [0.4, 0.5) is 0 Å². The van der Waals surface area contributed by atoms with Gasteiger partial charge in [0.05, 0.1) is 13.2 Å². The van der Waals surface area contributed by atoms with Crippen LogP contribution in [0, 0.1) is 13.8 Å². The van der Waals surface area contributed by atoms with E-state index >= 15 is 0 Å². The van der Waals surface area contributed by atoms with E-state index in [1.54, 1.807) is 0 Å². The molecule has 6 nitrogen and oxygen atoms in total. The Morgan fingerprint density at radius 2 is 1.95 bits per heavy atom. The molecule has 0 radical (unpaired) electrons. The summed E-state index contributed by atoms with van der Waals surface area (Å²) in [5, 5.41) is 12.7. The minimum Gasteiger partial charge on any atom is -0.485 e. The van der Waals surface area contributed by atoms with Crippen molar-refractivity contribution in [3.63, 3.8) is 0 Å². The molecule has 1 heterocycles. The molecule has 0 aliphatic rings. The first-order chi connectivity index (χ1) is 10.1. The van der Waals surface area contributed by atoms with Gasteiger partial charge in [0.15, 0.2) is 6.61 Å². The van der Waals surface area contributed by atoms with E-state index in [0.29, 0.717) is 24.8 Å². The van der Waals surface area contributed by atoms with Crippen LogP contribution in [-0.4, -0.2) is 40.3 Å². The van der Waals surface area contributed by atoms with Gasteiger partial charge in [0.1, 0.15) is 5.75 Å². The average molecular weight is 291 g/mol. The first-order valence-electron chi connectivity index (χ1n) is 6.89. The van der Waals surface area contributed by atoms with Gasteiger partial charge in [0, 0.05) is 6.54 Å². The molecule has 2 aromatic rings. The lowest BCUT2D eigenvalue weighted by Gasteiger charge is -2.10. The molecule has 0 unspecified atom stereocenters. The molecule has 0 spiro atoms. The SMILES string of the molecule is Cc1cc(C)cc(OCc2noc(CN(C)CCO)n2)c1. The summed E-state index contributed by atoms with van der Waals surface area (Å²) in [6, 6.07) is 6.04. The summed E-state index contributed by atoms with van der Waals surface area (Å²) in [6.45, 7) is 5.52. The second-order valence-corrected chi connectivity index (χ2v) is 5.18. The Hall–Kier alpha value is -1.92. The van der Waals surface area contributed by atoms with Crippen molar-refractivity contribution in [1.82, 2.24) is 15.0 Å². The molecule has 21 heavy (non-hydrogen) atoms. The molecular formula is C15H21N3O3. The van der Waals surface area contributed by atoms with Gasteiger partial charge in [-0.3, -0.25) is 4.90 Å². The van der Waals surface area contributed by atoms with Crippen LogP contribution < -0.4 is 4.74 Å². The van der Waals surface area contributed by atoms with E-state index in [9.17, 15) is 0 Å². The predicted molar refractivity (Wildman–Crippen MR) is 78.0 cm³/mol. The van der Waals surface area contributed by atoms with Gasteiger partial charge in [-0.2, -0.15) is 4.98 Å². The van der Waals surface area contributed by atoms with Crippen molar-refractivity contribution in [3.05, 3.63) is 41.0 Å². The lowest BCUT2D eigenvalue weighted by atomic mass is 10.1. The van der Waals surface area contributed by atoms with Gasteiger partial charge in [-0.15, -0.1) is 0 Å². The molecule has 114 valence electrons. The number of nitrogens with zero attached hydrogens (tertiary/aromatic N) is 3. The summed E-state index contributed by atoms with van der Waals surface area (Å²) in [5.74, 6) is 1.84. The number of aliphatic hydroxyl groups excluding tert-OH is 1. The Morgan fingerprint density at radius 3 is 2.62 bits per heavy atom. The maximum atomic E-state index is 8.85. The Morgan fingerprint density at radius 1 is 1.24 bits per heavy atom. The largest absolute Gasteiger partial charge is 0.485 e. The molecule has 0 saturated heterocycles. The van der Waals surface area contributed by atoms with Crippen molar-refractivity contribution in [2.24, 2.45) is 0 Å². The van der Waals surface area contributed by atoms with Gasteiger partial charge in [-0.1, -0.05) is 11.2 Å². The maximum absolute atomic E-state index is 8.85. The molecule has 0 aliphatic heterocycles. The third kappa shape index (κ3) is 4.84. The van der Waals surface area contributed by atoms with Crippen molar-refractivity contribution in [2.45, 2.75) is 27.0 Å². The van der Waals surface area contributed by atoms with E-state index in [1.807, 2.05) is 37.9 Å². The number of benzene rings is 1. The second kappa shape index (κ2) is 7.19. The van der Waals surface area contributed by atoms with Crippen molar-refractivity contribution in [2.75, 3.05) is 20.2 Å². The smallest absolute Gasteiger partial charge is 0.240 e. The van der Waals surface area contributed by atoms with E-state index in [0.717, 1.165) is 16.9 Å². The highest BCUT2D eigenvalue weighted by Gasteiger charge is 2.09. The molecule has 0 bridgehead atoms. The van der Waals surface area contributed by atoms with Gasteiger partial charge in [-0.25, -0.2) is 0 Å². The van der Waals surface area contributed by atoms with Crippen LogP contribution in [0.5, 0.6) is 5.75 Å². The van der Waals surface area contributed by atoms with E-state index in [1.165, 1.54) is 0 Å². The van der Waals surface area contributed by atoms with Crippen LogP contribution in [-0.2, 0) is 13.2 Å². The second-order valence-electron chi connectivity index (χ2n) is 5.18. The molecule has 6 heteroatoms. The highest BCUT2D eigenvalue weighted by molar-refractivity contribution is 5.32. The fourth-order valence-corrected chi connectivity index (χ4v) is 2.06. The van der Waals surface area contributed by atoms with Crippen LogP contribution in [0.1, 0.15) is 22.8 Å². The molecule has 1 aromatic heterocycles. The Kier molecular flexibility index (Phi) is 5.30. The predicted octanol–water partition coefficient (Wildman–Crippen LogP) is 1.69. The van der Waals surface area contributed by atoms with Crippen LogP contribution in [0.15, 0.2) is 22.7 Å². The van der Waals surface area contributed by atoms with Gasteiger partial charge >= 0.3 is 0 Å². The fourth-order valence-electron chi connectivity index (χ4n) is 2.06. The summed E-state index contributed by atoms with van der Waals surface area (Å²) in [4.78, 5) is 6.17. The molecule has 0 atom stereocenters. The summed E-state index contributed by atoms with van der Waals surface area (Å²) in [6.07, 6.45) is 0. The highest BCUT2D eigenvalue weighted by Crippen LogP contribution is 2.17. The quantitative estimate of drug-likeness (QED) is 0.837. The van der Waals surface area contributed by atoms with Crippen molar-refractivity contribution in [1.29, 1.82) is 0 Å². The number of aromatic nitrogens is 2. The van der Waals surface area contributed by atoms with Crippen molar-refractivity contribution in [3.8, 4) is 5.75 Å². The molecule has 1 aromatic carbocycles. The third-order valence-electron chi connectivity index (χ3n) is 2.96. The summed E-state index contributed by atoms with van der Waals surface area (Å²) in [5.41, 5.74) is 2.31. The standard InChI is InChI=1S/C15H21N3O3/c1-11-6-12(2)8-13(7-11)20-10-14-16-15(21-17-14)9-18(3)4-5-19/h6-8,19H,4-5,9-10H2,1-3H3. The zero-order chi connectivity index (χ0) is 15.2. The maximum Gasteiger partial charge on any atom is 0.240 e. The van der Waals surface area contributed by atoms with E-state index in [-0.39, 0.29) is 13.2 Å². The minimum absolute atomic E-state index is 0.104. The highest BCUT2D eigenvalue weighted by atomic mass is 16.5. The number of hydrogen-bond donors (Lipinski definition) is 1. The number of rotatable bonds is 7. The molecule has 0 amide bonds. The minimum atomic E-state index is 0.104. The fraction of sp³-hybridized carbons (Fsp3) is 0.467. The van der Waals surface area contributed by atoms with Gasteiger partial charge in [-0.05, 0) is 44.2 Å². The molecule has 0 fully saturated rings. The van der Waals surface area contributed by atoms with Crippen LogP contribution in [0.2, 0.25) is 0 Å². The normalized spacial score (nSPS) is 11.1. The van der Waals surface area contributed by atoms with E-state index < -0.39 is 0 Å². The number of hydrogen-bond acceptors (Lipinski definition) is 6. The molecule has 0 saturated carbocycles. The Labute approximate surface area is 124 Å². The first kappa shape index (κ1) is 15.5. The Bertz CT molecular complexity index is 563. The van der Waals surface area contributed by atoms with Gasteiger partial charge in [0.2, 0.25) is 11.7 Å². The number of aryl methyl sites for hydroxylation is 2. The Balaban J connectivity index is 1.90. The zero-order valence-electron chi connectivity index (χ0n) is 12.7. The van der Waals surface area contributed by atoms with Crippen LogP contribution in [0.25, 0.3) is 0 Å². The molecule has 1 N–H and O–H groups in total. The monoisotopic (exact) mass is 291 g/mol.